The number of fused-ring (bicyclic) bond motifs is 3. The van der Waals surface area contributed by atoms with E-state index in [-0.39, 0.29) is 11.3 Å². The Balaban J connectivity index is 2.13. The van der Waals surface area contributed by atoms with Crippen molar-refractivity contribution in [2.45, 2.75) is 30.0 Å². The maximum Gasteiger partial charge on any atom is 0.256 e. The molecule has 3 rings (SSSR count). The lowest BCUT2D eigenvalue weighted by atomic mass is 10.0. The SMILES string of the molecule is CC1(C)S[C@H]2c3ccccc3C(=O)N2[C@H]1C(=O)[O-]. The summed E-state index contributed by atoms with van der Waals surface area (Å²) in [6.07, 6.45) is 0. The Hall–Kier alpha value is -1.49. The van der Waals surface area contributed by atoms with E-state index in [9.17, 15) is 14.7 Å². The number of aliphatic carboxylic acids is 1. The summed E-state index contributed by atoms with van der Waals surface area (Å²) in [5.41, 5.74) is 1.51. The summed E-state index contributed by atoms with van der Waals surface area (Å²) in [6.45, 7) is 3.68. The monoisotopic (exact) mass is 262 g/mol. The van der Waals surface area contributed by atoms with E-state index in [2.05, 4.69) is 0 Å². The van der Waals surface area contributed by atoms with Crippen LogP contribution in [0.2, 0.25) is 0 Å². The van der Waals surface area contributed by atoms with E-state index >= 15 is 0 Å². The predicted octanol–water partition coefficient (Wildman–Crippen LogP) is 0.785. The number of thioether (sulfide) groups is 1. The van der Waals surface area contributed by atoms with Crippen LogP contribution >= 0.6 is 11.8 Å². The number of carbonyl (C=O) groups excluding carboxylic acids is 2. The van der Waals surface area contributed by atoms with Crippen LogP contribution in [0.4, 0.5) is 0 Å². The first kappa shape index (κ1) is 11.6. The molecule has 94 valence electrons. The van der Waals surface area contributed by atoms with Crippen molar-refractivity contribution in [3.63, 3.8) is 0 Å². The summed E-state index contributed by atoms with van der Waals surface area (Å²) in [6, 6.07) is 6.42. The van der Waals surface area contributed by atoms with Gasteiger partial charge in [-0.1, -0.05) is 18.2 Å². The van der Waals surface area contributed by atoms with Crippen molar-refractivity contribution >= 4 is 23.6 Å². The molecule has 1 aromatic rings. The van der Waals surface area contributed by atoms with Crippen molar-refractivity contribution in [2.75, 3.05) is 0 Å². The molecule has 0 spiro atoms. The standard InChI is InChI=1S/C13H13NO3S/c1-13(2)9(12(16)17)14-10(15)7-5-3-4-6-8(7)11(14)18-13/h3-6,9,11H,1-2H3,(H,16,17)/p-1/t9-,11-/m0/s1. The molecule has 2 atom stereocenters. The molecule has 0 unspecified atom stereocenters. The molecule has 1 aromatic carbocycles. The third-order valence-corrected chi connectivity index (χ3v) is 5.05. The third-order valence-electron chi connectivity index (χ3n) is 3.52. The van der Waals surface area contributed by atoms with Crippen molar-refractivity contribution in [3.8, 4) is 0 Å². The van der Waals surface area contributed by atoms with Crippen molar-refractivity contribution in [1.29, 1.82) is 0 Å². The zero-order chi connectivity index (χ0) is 13.1. The van der Waals surface area contributed by atoms with Crippen LogP contribution < -0.4 is 5.11 Å². The van der Waals surface area contributed by atoms with Gasteiger partial charge in [-0.3, -0.25) is 4.79 Å². The second-order valence-corrected chi connectivity index (χ2v) is 6.83. The summed E-state index contributed by atoms with van der Waals surface area (Å²) in [7, 11) is 0. The fourth-order valence-corrected chi connectivity index (χ4v) is 4.34. The molecule has 0 aliphatic carbocycles. The Morgan fingerprint density at radius 1 is 1.39 bits per heavy atom. The minimum Gasteiger partial charge on any atom is -0.548 e. The average Bonchev–Trinajstić information content (AvgIpc) is 2.72. The number of hydrogen-bond donors (Lipinski definition) is 0. The average molecular weight is 262 g/mol. The third kappa shape index (κ3) is 1.34. The Kier molecular flexibility index (Phi) is 2.26. The van der Waals surface area contributed by atoms with Gasteiger partial charge in [-0.2, -0.15) is 0 Å². The number of hydrogen-bond acceptors (Lipinski definition) is 4. The van der Waals surface area contributed by atoms with Gasteiger partial charge in [0.25, 0.3) is 5.91 Å². The number of carbonyl (C=O) groups is 2. The fraction of sp³-hybridized carbons (Fsp3) is 0.385. The molecule has 0 bridgehead atoms. The van der Waals surface area contributed by atoms with Crippen LogP contribution in [0.15, 0.2) is 24.3 Å². The van der Waals surface area contributed by atoms with Gasteiger partial charge in [0.05, 0.1) is 12.0 Å². The lowest BCUT2D eigenvalue weighted by Gasteiger charge is -2.31. The maximum atomic E-state index is 12.3. The molecule has 0 saturated carbocycles. The molecule has 1 amide bonds. The molecule has 0 radical (unpaired) electrons. The molecule has 1 saturated heterocycles. The van der Waals surface area contributed by atoms with Crippen molar-refractivity contribution in [2.24, 2.45) is 0 Å². The van der Waals surface area contributed by atoms with Gasteiger partial charge in [-0.15, -0.1) is 11.8 Å². The largest absolute Gasteiger partial charge is 0.548 e. The quantitative estimate of drug-likeness (QED) is 0.750. The smallest absolute Gasteiger partial charge is 0.256 e. The van der Waals surface area contributed by atoms with E-state index < -0.39 is 16.8 Å². The molecule has 1 fully saturated rings. The van der Waals surface area contributed by atoms with Gasteiger partial charge < -0.3 is 14.8 Å². The summed E-state index contributed by atoms with van der Waals surface area (Å²) in [4.78, 5) is 25.1. The Morgan fingerprint density at radius 3 is 2.72 bits per heavy atom. The van der Waals surface area contributed by atoms with Gasteiger partial charge in [0.15, 0.2) is 0 Å². The van der Waals surface area contributed by atoms with E-state index in [1.807, 2.05) is 26.0 Å². The van der Waals surface area contributed by atoms with Crippen LogP contribution in [0.1, 0.15) is 35.1 Å². The first-order chi connectivity index (χ1) is 8.43. The lowest BCUT2D eigenvalue weighted by molar-refractivity contribution is -0.311. The highest BCUT2D eigenvalue weighted by Gasteiger charge is 2.54. The summed E-state index contributed by atoms with van der Waals surface area (Å²) >= 11 is 1.51. The van der Waals surface area contributed by atoms with Gasteiger partial charge in [-0.25, -0.2) is 0 Å². The zero-order valence-electron chi connectivity index (χ0n) is 10.0. The number of carboxylic acid groups (broad SMARTS) is 1. The number of rotatable bonds is 1. The molecule has 2 aliphatic rings. The molecule has 18 heavy (non-hydrogen) atoms. The summed E-state index contributed by atoms with van der Waals surface area (Å²) < 4.78 is -0.535. The highest BCUT2D eigenvalue weighted by molar-refractivity contribution is 8.01. The predicted molar refractivity (Wildman–Crippen MR) is 65.8 cm³/mol. The number of amides is 1. The Morgan fingerprint density at radius 2 is 2.06 bits per heavy atom. The Bertz CT molecular complexity index is 555. The van der Waals surface area contributed by atoms with E-state index in [1.165, 1.54) is 16.7 Å². The maximum absolute atomic E-state index is 12.3. The van der Waals surface area contributed by atoms with Gasteiger partial charge in [0.1, 0.15) is 5.37 Å². The van der Waals surface area contributed by atoms with Gasteiger partial charge in [-0.05, 0) is 25.5 Å². The second kappa shape index (κ2) is 3.51. The highest BCUT2D eigenvalue weighted by atomic mass is 32.2. The van der Waals surface area contributed by atoms with Crippen LogP contribution in [-0.4, -0.2) is 27.6 Å². The van der Waals surface area contributed by atoms with Gasteiger partial charge >= 0.3 is 0 Å². The molecular formula is C13H12NO3S-. The van der Waals surface area contributed by atoms with Crippen molar-refractivity contribution in [3.05, 3.63) is 35.4 Å². The van der Waals surface area contributed by atoms with E-state index in [0.717, 1.165) is 5.56 Å². The molecule has 0 aromatic heterocycles. The summed E-state index contributed by atoms with van der Waals surface area (Å²) in [5, 5.41) is 11.1. The first-order valence-electron chi connectivity index (χ1n) is 5.74. The number of nitrogens with zero attached hydrogens (tertiary/aromatic N) is 1. The van der Waals surface area contributed by atoms with Crippen LogP contribution in [-0.2, 0) is 4.79 Å². The van der Waals surface area contributed by atoms with Crippen molar-refractivity contribution in [1.82, 2.24) is 4.90 Å². The topological polar surface area (TPSA) is 60.4 Å². The van der Waals surface area contributed by atoms with Crippen LogP contribution in [0.5, 0.6) is 0 Å². The summed E-state index contributed by atoms with van der Waals surface area (Å²) in [5.74, 6) is -1.39. The van der Waals surface area contributed by atoms with E-state index in [4.69, 9.17) is 0 Å². The van der Waals surface area contributed by atoms with Crippen LogP contribution in [0.3, 0.4) is 0 Å². The minimum atomic E-state index is -1.18. The normalized spacial score (nSPS) is 28.1. The minimum absolute atomic E-state index is 0.202. The molecule has 5 heteroatoms. The van der Waals surface area contributed by atoms with E-state index in [1.54, 1.807) is 12.1 Å². The van der Waals surface area contributed by atoms with Gasteiger partial charge in [0.2, 0.25) is 0 Å². The van der Waals surface area contributed by atoms with Crippen LogP contribution in [0.25, 0.3) is 0 Å². The number of benzene rings is 1. The van der Waals surface area contributed by atoms with Crippen molar-refractivity contribution < 1.29 is 14.7 Å². The molecular weight excluding hydrogens is 250 g/mol. The number of carboxylic acids is 1. The fourth-order valence-electron chi connectivity index (χ4n) is 2.76. The Labute approximate surface area is 109 Å². The highest BCUT2D eigenvalue weighted by Crippen LogP contribution is 2.56. The molecule has 0 N–H and O–H groups in total. The van der Waals surface area contributed by atoms with Crippen LogP contribution in [0, 0.1) is 0 Å². The molecule has 4 nitrogen and oxygen atoms in total. The molecule has 2 aliphatic heterocycles. The van der Waals surface area contributed by atoms with E-state index in [0.29, 0.717) is 5.56 Å². The zero-order valence-corrected chi connectivity index (χ0v) is 10.9. The lowest BCUT2D eigenvalue weighted by Crippen LogP contribution is -2.53. The first-order valence-corrected chi connectivity index (χ1v) is 6.62. The molecule has 2 heterocycles. The van der Waals surface area contributed by atoms with Gasteiger partial charge in [0, 0.05) is 10.3 Å². The second-order valence-electron chi connectivity index (χ2n) is 5.09.